The highest BCUT2D eigenvalue weighted by Crippen LogP contribution is 2.26. The maximum atomic E-state index is 9.35. The van der Waals surface area contributed by atoms with Crippen LogP contribution in [0.15, 0.2) is 23.4 Å². The molecule has 0 radical (unpaired) electrons. The van der Waals surface area contributed by atoms with Crippen molar-refractivity contribution >= 4 is 23.1 Å². The van der Waals surface area contributed by atoms with Crippen molar-refractivity contribution in [3.8, 4) is 0 Å². The minimum atomic E-state index is -0.0838. The van der Waals surface area contributed by atoms with E-state index in [1.54, 1.807) is 12.1 Å². The normalized spacial score (nSPS) is 20.6. The van der Waals surface area contributed by atoms with Crippen molar-refractivity contribution in [1.29, 1.82) is 0 Å². The summed E-state index contributed by atoms with van der Waals surface area (Å²) in [7, 11) is 0. The third kappa shape index (κ3) is 2.91. The van der Waals surface area contributed by atoms with Crippen LogP contribution in [0.5, 0.6) is 0 Å². The second-order valence-corrected chi connectivity index (χ2v) is 4.66. The van der Waals surface area contributed by atoms with Gasteiger partial charge in [0, 0.05) is 17.8 Å². The zero-order chi connectivity index (χ0) is 13.8. The van der Waals surface area contributed by atoms with Gasteiger partial charge in [-0.2, -0.15) is 0 Å². The van der Waals surface area contributed by atoms with Crippen molar-refractivity contribution in [2.45, 2.75) is 6.04 Å². The Hall–Kier alpha value is -1.50. The first-order valence-electron chi connectivity index (χ1n) is 5.90. The molecule has 0 amide bonds. The molecule has 1 aromatic rings. The number of amidine groups is 1. The van der Waals surface area contributed by atoms with Crippen LogP contribution >= 0.6 is 11.6 Å². The average Bonchev–Trinajstić information content (AvgIpc) is 2.46. The lowest BCUT2D eigenvalue weighted by atomic mass is 10.1. The second-order valence-electron chi connectivity index (χ2n) is 4.25. The predicted molar refractivity (Wildman–Crippen MR) is 73.0 cm³/mol. The van der Waals surface area contributed by atoms with Crippen molar-refractivity contribution in [2.24, 2.45) is 10.9 Å². The van der Waals surface area contributed by atoms with Gasteiger partial charge in [0.2, 0.25) is 0 Å². The van der Waals surface area contributed by atoms with Crippen molar-refractivity contribution in [3.63, 3.8) is 0 Å². The van der Waals surface area contributed by atoms with Gasteiger partial charge in [0.05, 0.1) is 30.9 Å². The quantitative estimate of drug-likeness (QED) is 0.328. The molecule has 7 heteroatoms. The molecule has 1 saturated heterocycles. The minimum Gasteiger partial charge on any atom is -0.409 e. The molecule has 6 nitrogen and oxygen atoms in total. The smallest absolute Gasteiger partial charge is 0.171 e. The summed E-state index contributed by atoms with van der Waals surface area (Å²) in [6.07, 6.45) is 0. The summed E-state index contributed by atoms with van der Waals surface area (Å²) in [5.74, 6) is -0.0303. The fourth-order valence-corrected chi connectivity index (χ4v) is 2.36. The molecule has 19 heavy (non-hydrogen) atoms. The van der Waals surface area contributed by atoms with E-state index >= 15 is 0 Å². The van der Waals surface area contributed by atoms with Crippen molar-refractivity contribution in [1.82, 2.24) is 0 Å². The molecule has 0 aliphatic carbocycles. The van der Waals surface area contributed by atoms with E-state index in [0.29, 0.717) is 30.3 Å². The number of hydrogen-bond acceptors (Lipinski definition) is 5. The molecule has 4 N–H and O–H groups in total. The van der Waals surface area contributed by atoms with E-state index in [-0.39, 0.29) is 18.5 Å². The molecule has 1 aliphatic heterocycles. The molecule has 2 rings (SSSR count). The van der Waals surface area contributed by atoms with Gasteiger partial charge in [-0.3, -0.25) is 0 Å². The number of hydrogen-bond donors (Lipinski definition) is 3. The number of benzene rings is 1. The van der Waals surface area contributed by atoms with Gasteiger partial charge in [0.15, 0.2) is 5.84 Å². The highest BCUT2D eigenvalue weighted by atomic mass is 35.5. The zero-order valence-corrected chi connectivity index (χ0v) is 11.0. The second kappa shape index (κ2) is 6.10. The predicted octanol–water partition coefficient (Wildman–Crippen LogP) is 0.632. The number of aliphatic hydroxyl groups is 1. The number of aliphatic hydroxyl groups excluding tert-OH is 1. The number of rotatable bonds is 3. The van der Waals surface area contributed by atoms with Crippen LogP contribution in [0.3, 0.4) is 0 Å². The van der Waals surface area contributed by atoms with Crippen molar-refractivity contribution in [3.05, 3.63) is 28.8 Å². The van der Waals surface area contributed by atoms with Crippen LogP contribution in [0.25, 0.3) is 0 Å². The molecule has 0 saturated carbocycles. The molecule has 1 unspecified atom stereocenters. The van der Waals surface area contributed by atoms with Gasteiger partial charge >= 0.3 is 0 Å². The number of ether oxygens (including phenoxy) is 1. The van der Waals surface area contributed by atoms with Gasteiger partial charge in [0.25, 0.3) is 0 Å². The zero-order valence-electron chi connectivity index (χ0n) is 10.3. The van der Waals surface area contributed by atoms with E-state index in [9.17, 15) is 5.11 Å². The first-order valence-corrected chi connectivity index (χ1v) is 6.28. The lowest BCUT2D eigenvalue weighted by molar-refractivity contribution is 0.0727. The Morgan fingerprint density at radius 1 is 1.58 bits per heavy atom. The average molecular weight is 286 g/mol. The monoisotopic (exact) mass is 285 g/mol. The molecule has 1 aliphatic rings. The van der Waals surface area contributed by atoms with Crippen LogP contribution in [0.4, 0.5) is 5.69 Å². The summed E-state index contributed by atoms with van der Waals surface area (Å²) in [6, 6.07) is 5.17. The first kappa shape index (κ1) is 13.9. The van der Waals surface area contributed by atoms with Gasteiger partial charge < -0.3 is 25.7 Å². The summed E-state index contributed by atoms with van der Waals surface area (Å²) in [6.45, 7) is 1.79. The highest BCUT2D eigenvalue weighted by molar-refractivity contribution is 6.34. The van der Waals surface area contributed by atoms with E-state index in [1.165, 1.54) is 0 Å². The van der Waals surface area contributed by atoms with Gasteiger partial charge in [-0.05, 0) is 18.2 Å². The van der Waals surface area contributed by atoms with Crippen LogP contribution < -0.4 is 10.6 Å². The summed E-state index contributed by atoms with van der Waals surface area (Å²) in [4.78, 5) is 2.03. The topological polar surface area (TPSA) is 91.3 Å². The molecular weight excluding hydrogens is 270 g/mol. The fraction of sp³-hybridized carbons (Fsp3) is 0.417. The largest absolute Gasteiger partial charge is 0.409 e. The van der Waals surface area contributed by atoms with Crippen LogP contribution in [-0.2, 0) is 4.74 Å². The van der Waals surface area contributed by atoms with Crippen molar-refractivity contribution < 1.29 is 15.1 Å². The molecule has 0 spiro atoms. The Kier molecular flexibility index (Phi) is 4.47. The van der Waals surface area contributed by atoms with E-state index in [0.717, 1.165) is 5.69 Å². The van der Waals surface area contributed by atoms with Gasteiger partial charge in [-0.15, -0.1) is 0 Å². The van der Waals surface area contributed by atoms with E-state index in [2.05, 4.69) is 5.16 Å². The van der Waals surface area contributed by atoms with Gasteiger partial charge in [0.1, 0.15) is 0 Å². The van der Waals surface area contributed by atoms with Crippen LogP contribution in [-0.4, -0.2) is 48.6 Å². The SMILES string of the molecule is N/C(=N/O)c1ccc(N2CCOCC2CO)cc1Cl. The van der Waals surface area contributed by atoms with Gasteiger partial charge in [-0.25, -0.2) is 0 Å². The van der Waals surface area contributed by atoms with Crippen LogP contribution in [0.2, 0.25) is 5.02 Å². The first-order chi connectivity index (χ1) is 9.17. The number of oxime groups is 1. The third-order valence-corrected chi connectivity index (χ3v) is 3.42. The van der Waals surface area contributed by atoms with Crippen LogP contribution in [0, 0.1) is 0 Å². The Balaban J connectivity index is 2.28. The Labute approximate surface area is 116 Å². The molecule has 104 valence electrons. The van der Waals surface area contributed by atoms with Crippen LogP contribution in [0.1, 0.15) is 5.56 Å². The molecule has 0 aromatic heterocycles. The number of halogens is 1. The lowest BCUT2D eigenvalue weighted by Gasteiger charge is -2.36. The molecule has 1 fully saturated rings. The summed E-state index contributed by atoms with van der Waals surface area (Å²) >= 11 is 6.12. The van der Waals surface area contributed by atoms with E-state index in [4.69, 9.17) is 27.3 Å². The summed E-state index contributed by atoms with van der Waals surface area (Å²) in [5.41, 5.74) is 6.87. The number of morpholine rings is 1. The molecule has 1 heterocycles. The Morgan fingerprint density at radius 2 is 2.37 bits per heavy atom. The standard InChI is InChI=1S/C12H16ClN3O3/c13-11-5-8(1-2-10(11)12(14)15-18)16-3-4-19-7-9(16)6-17/h1-2,5,9,17-18H,3-4,6-7H2,(H2,14,15). The van der Waals surface area contributed by atoms with E-state index in [1.807, 2.05) is 11.0 Å². The molecular formula is C12H16ClN3O3. The highest BCUT2D eigenvalue weighted by Gasteiger charge is 2.23. The maximum Gasteiger partial charge on any atom is 0.171 e. The number of nitrogens with two attached hydrogens (primary N) is 1. The van der Waals surface area contributed by atoms with Gasteiger partial charge in [-0.1, -0.05) is 16.8 Å². The maximum absolute atomic E-state index is 9.35. The van der Waals surface area contributed by atoms with Crippen molar-refractivity contribution in [2.75, 3.05) is 31.3 Å². The summed E-state index contributed by atoms with van der Waals surface area (Å²) in [5, 5.41) is 21.3. The molecule has 1 aromatic carbocycles. The minimum absolute atomic E-state index is 0.0135. The Bertz CT molecular complexity index is 481. The number of nitrogens with zero attached hydrogens (tertiary/aromatic N) is 2. The molecule has 0 bridgehead atoms. The number of anilines is 1. The third-order valence-electron chi connectivity index (χ3n) is 3.11. The Morgan fingerprint density at radius 3 is 3.00 bits per heavy atom. The fourth-order valence-electron chi connectivity index (χ4n) is 2.09. The van der Waals surface area contributed by atoms with E-state index < -0.39 is 0 Å². The molecule has 1 atom stereocenters. The lowest BCUT2D eigenvalue weighted by Crippen LogP contribution is -2.47. The summed E-state index contributed by atoms with van der Waals surface area (Å²) < 4.78 is 5.33.